The molecule has 0 spiro atoms. The maximum absolute atomic E-state index is 10.4. The number of esters is 2. The first-order chi connectivity index (χ1) is 15.4. The van der Waals surface area contributed by atoms with E-state index < -0.39 is 11.9 Å². The van der Waals surface area contributed by atoms with E-state index in [1.54, 1.807) is 24.3 Å². The normalized spacial score (nSPS) is 8.55. The first-order valence-corrected chi connectivity index (χ1v) is 9.65. The maximum atomic E-state index is 10.4. The van der Waals surface area contributed by atoms with Crippen LogP contribution in [0.25, 0.3) is 0 Å². The summed E-state index contributed by atoms with van der Waals surface area (Å²) in [6.45, 7) is 2.62. The third-order valence-electron chi connectivity index (χ3n) is 3.27. The largest absolute Gasteiger partial charge is 2.00 e. The van der Waals surface area contributed by atoms with Gasteiger partial charge in [0.2, 0.25) is 0 Å². The molecule has 0 aliphatic heterocycles. The van der Waals surface area contributed by atoms with Gasteiger partial charge in [-0.15, -0.1) is 0 Å². The topological polar surface area (TPSA) is 93.1 Å². The summed E-state index contributed by atoms with van der Waals surface area (Å²) in [6.07, 6.45) is 0. The van der Waals surface area contributed by atoms with Crippen LogP contribution in [-0.4, -0.2) is 22.2 Å². The molecule has 33 heavy (non-hydrogen) atoms. The van der Waals surface area contributed by atoms with E-state index in [4.69, 9.17) is 19.7 Å². The summed E-state index contributed by atoms with van der Waals surface area (Å²) in [6, 6.07) is 32.2. The molecule has 0 saturated carbocycles. The monoisotopic (exact) mass is 524 g/mol. The van der Waals surface area contributed by atoms with E-state index in [0.29, 0.717) is 11.5 Å². The molecule has 0 atom stereocenters. The van der Waals surface area contributed by atoms with Crippen LogP contribution in [-0.2, 0) is 35.8 Å². The van der Waals surface area contributed by atoms with E-state index in [1.165, 1.54) is 38.1 Å². The fraction of sp³-hybridized carbons (Fsp3) is 0.0769. The van der Waals surface area contributed by atoms with Gasteiger partial charge in [-0.3, -0.25) is 9.59 Å². The Morgan fingerprint density at radius 3 is 1.18 bits per heavy atom. The second-order valence-corrected chi connectivity index (χ2v) is 6.11. The zero-order valence-corrected chi connectivity index (χ0v) is 20.9. The van der Waals surface area contributed by atoms with Crippen LogP contribution in [0.1, 0.15) is 13.8 Å². The van der Waals surface area contributed by atoms with Gasteiger partial charge in [-0.25, -0.2) is 24.3 Å². The molecule has 4 rings (SSSR count). The smallest absolute Gasteiger partial charge is 0.508 e. The van der Waals surface area contributed by atoms with Crippen LogP contribution in [0.2, 0.25) is 0 Å². The second-order valence-electron chi connectivity index (χ2n) is 6.11. The predicted octanol–water partition coefficient (Wildman–Crippen LogP) is 5.44. The Bertz CT molecular complexity index is 893. The molecule has 0 aliphatic rings. The standard InChI is InChI=1S/2C8H8O3.2C5H5.Zr/c2*1-6(9)11-8-4-2-3-7(10)5-8;2*1-2-4-5-3-1;/h2*2-5,10H,1H3;2*1-5H;/q;;2*-1;+2. The summed E-state index contributed by atoms with van der Waals surface area (Å²) >= 11 is 0. The molecule has 4 aromatic carbocycles. The van der Waals surface area contributed by atoms with Gasteiger partial charge in [0.1, 0.15) is 23.0 Å². The van der Waals surface area contributed by atoms with Crippen LogP contribution in [0.15, 0.2) is 109 Å². The van der Waals surface area contributed by atoms with Crippen molar-refractivity contribution in [3.63, 3.8) is 0 Å². The number of carbonyl (C=O) groups excluding carboxylic acids is 2. The molecule has 0 radical (unpaired) electrons. The van der Waals surface area contributed by atoms with Crippen molar-refractivity contribution in [2.75, 3.05) is 0 Å². The number of ether oxygens (including phenoxy) is 2. The van der Waals surface area contributed by atoms with Crippen LogP contribution < -0.4 is 9.47 Å². The van der Waals surface area contributed by atoms with Crippen molar-refractivity contribution in [2.24, 2.45) is 0 Å². The molecule has 0 aliphatic carbocycles. The average Bonchev–Trinajstić information content (AvgIpc) is 3.47. The SMILES string of the molecule is CC(=O)Oc1cccc(O)c1.CC(=O)Oc1cccc(O)c1.[Zr+2].c1cc[cH-]c1.c1cc[cH-]c1. The van der Waals surface area contributed by atoms with E-state index in [0.717, 1.165) is 0 Å². The Morgan fingerprint density at radius 2 is 0.970 bits per heavy atom. The summed E-state index contributed by atoms with van der Waals surface area (Å²) in [4.78, 5) is 20.8. The molecule has 0 saturated heterocycles. The Balaban J connectivity index is 0.000000434. The number of hydrogen-bond donors (Lipinski definition) is 2. The number of rotatable bonds is 2. The molecule has 0 bridgehead atoms. The molecule has 0 heterocycles. The second kappa shape index (κ2) is 18.2. The summed E-state index contributed by atoms with van der Waals surface area (Å²) < 4.78 is 9.39. The van der Waals surface area contributed by atoms with Crippen molar-refractivity contribution in [3.8, 4) is 23.0 Å². The summed E-state index contributed by atoms with van der Waals surface area (Å²) in [5, 5.41) is 17.9. The van der Waals surface area contributed by atoms with Crippen molar-refractivity contribution in [2.45, 2.75) is 13.8 Å². The quantitative estimate of drug-likeness (QED) is 0.206. The van der Waals surface area contributed by atoms with Gasteiger partial charge in [-0.05, 0) is 24.3 Å². The van der Waals surface area contributed by atoms with Gasteiger partial charge in [-0.2, -0.15) is 36.4 Å². The number of aromatic hydroxyl groups is 2. The molecule has 2 N–H and O–H groups in total. The van der Waals surface area contributed by atoms with Gasteiger partial charge in [0, 0.05) is 26.0 Å². The fourth-order valence-corrected chi connectivity index (χ4v) is 2.07. The Labute approximate surface area is 212 Å². The van der Waals surface area contributed by atoms with E-state index in [2.05, 4.69) is 0 Å². The average molecular weight is 526 g/mol. The van der Waals surface area contributed by atoms with Crippen LogP contribution in [0, 0.1) is 0 Å². The first kappa shape index (κ1) is 29.6. The van der Waals surface area contributed by atoms with Crippen molar-refractivity contribution in [1.29, 1.82) is 0 Å². The third-order valence-corrected chi connectivity index (χ3v) is 3.27. The zero-order chi connectivity index (χ0) is 23.6. The van der Waals surface area contributed by atoms with Crippen molar-refractivity contribution < 1.29 is 55.5 Å². The Hall–Kier alpha value is -3.44. The Kier molecular flexibility index (Phi) is 16.3. The predicted molar refractivity (Wildman–Crippen MR) is 123 cm³/mol. The molecule has 0 fully saturated rings. The minimum Gasteiger partial charge on any atom is -0.508 e. The number of carbonyl (C=O) groups is 2. The number of hydrogen-bond acceptors (Lipinski definition) is 6. The molecule has 7 heteroatoms. The maximum Gasteiger partial charge on any atom is 2.00 e. The van der Waals surface area contributed by atoms with Gasteiger partial charge in [-0.1, -0.05) is 12.1 Å². The third kappa shape index (κ3) is 16.9. The first-order valence-electron chi connectivity index (χ1n) is 9.65. The van der Waals surface area contributed by atoms with Gasteiger partial charge in [0.05, 0.1) is 0 Å². The van der Waals surface area contributed by atoms with E-state index in [9.17, 15) is 9.59 Å². The number of phenolic OH excluding ortho intramolecular Hbond substituents is 2. The fourth-order valence-electron chi connectivity index (χ4n) is 2.07. The molecule has 0 aromatic heterocycles. The van der Waals surface area contributed by atoms with Crippen LogP contribution >= 0.6 is 0 Å². The zero-order valence-electron chi connectivity index (χ0n) is 18.4. The Morgan fingerprint density at radius 1 is 0.636 bits per heavy atom. The van der Waals surface area contributed by atoms with Gasteiger partial charge in [0.15, 0.2) is 0 Å². The molecule has 6 nitrogen and oxygen atoms in total. The molecule has 4 aromatic rings. The number of benzene rings is 2. The molecule has 170 valence electrons. The van der Waals surface area contributed by atoms with Crippen molar-refractivity contribution in [1.82, 2.24) is 0 Å². The number of phenols is 2. The van der Waals surface area contributed by atoms with Gasteiger partial charge >= 0.3 is 38.1 Å². The van der Waals surface area contributed by atoms with E-state index in [1.807, 2.05) is 60.7 Å². The molecule has 0 unspecified atom stereocenters. The molecular weight excluding hydrogens is 500 g/mol. The molecule has 0 amide bonds. The van der Waals surface area contributed by atoms with Crippen molar-refractivity contribution in [3.05, 3.63) is 109 Å². The summed E-state index contributed by atoms with van der Waals surface area (Å²) in [5.41, 5.74) is 0. The minimum absolute atomic E-state index is 0. The van der Waals surface area contributed by atoms with Crippen LogP contribution in [0.5, 0.6) is 23.0 Å². The van der Waals surface area contributed by atoms with E-state index in [-0.39, 0.29) is 37.7 Å². The van der Waals surface area contributed by atoms with Crippen molar-refractivity contribution >= 4 is 11.9 Å². The van der Waals surface area contributed by atoms with Gasteiger partial charge < -0.3 is 19.7 Å². The van der Waals surface area contributed by atoms with Gasteiger partial charge in [0.25, 0.3) is 0 Å². The van der Waals surface area contributed by atoms with Crippen LogP contribution in [0.4, 0.5) is 0 Å². The van der Waals surface area contributed by atoms with E-state index >= 15 is 0 Å². The minimum atomic E-state index is -0.393. The molecular formula is C26H26O6Zr. The summed E-state index contributed by atoms with van der Waals surface area (Å²) in [5.74, 6) is 0.105. The van der Waals surface area contributed by atoms with Crippen LogP contribution in [0.3, 0.4) is 0 Å². The summed E-state index contributed by atoms with van der Waals surface area (Å²) in [7, 11) is 0.